The van der Waals surface area contributed by atoms with Gasteiger partial charge in [-0.1, -0.05) is 0 Å². The Kier molecular flexibility index (Phi) is 2.95. The quantitative estimate of drug-likeness (QED) is 0.759. The third kappa shape index (κ3) is 2.14. The second-order valence-electron chi connectivity index (χ2n) is 5.62. The maximum Gasteiger partial charge on any atom is 0.417 e. The number of anilines is 1. The number of aromatic nitrogens is 1. The van der Waals surface area contributed by atoms with E-state index in [2.05, 4.69) is 10.3 Å². The number of piperazine rings is 1. The van der Waals surface area contributed by atoms with E-state index in [1.165, 1.54) is 0 Å². The Morgan fingerprint density at radius 3 is 2.95 bits per heavy atom. The Labute approximate surface area is 114 Å². The Hall–Kier alpha value is -1.34. The van der Waals surface area contributed by atoms with Crippen LogP contribution in [0.4, 0.5) is 19.0 Å². The molecule has 0 aromatic carbocycles. The summed E-state index contributed by atoms with van der Waals surface area (Å²) in [6.07, 6.45) is -3.20. The fourth-order valence-electron chi connectivity index (χ4n) is 3.03. The maximum atomic E-state index is 12.8. The molecule has 0 amide bonds. The summed E-state index contributed by atoms with van der Waals surface area (Å²) in [7, 11) is 0. The van der Waals surface area contributed by atoms with E-state index in [9.17, 15) is 18.3 Å². The fourth-order valence-corrected chi connectivity index (χ4v) is 3.03. The molecule has 0 bridgehead atoms. The lowest BCUT2D eigenvalue weighted by Gasteiger charge is -2.46. The van der Waals surface area contributed by atoms with Crippen LogP contribution in [0.5, 0.6) is 0 Å². The molecule has 4 nitrogen and oxygen atoms in total. The molecule has 110 valence electrons. The number of hydrogen-bond acceptors (Lipinski definition) is 4. The Bertz CT molecular complexity index is 530. The highest BCUT2D eigenvalue weighted by molar-refractivity contribution is 5.55. The van der Waals surface area contributed by atoms with Gasteiger partial charge < -0.3 is 15.3 Å². The van der Waals surface area contributed by atoms with Crippen LogP contribution in [0.2, 0.25) is 0 Å². The molecule has 1 unspecified atom stereocenters. The van der Waals surface area contributed by atoms with Crippen molar-refractivity contribution in [3.05, 3.63) is 23.4 Å². The van der Waals surface area contributed by atoms with Crippen LogP contribution in [0.1, 0.15) is 24.5 Å². The maximum absolute atomic E-state index is 12.8. The topological polar surface area (TPSA) is 48.4 Å². The molecular formula is C13H16F3N3O. The second kappa shape index (κ2) is 4.33. The molecule has 0 aliphatic carbocycles. The molecule has 0 saturated carbocycles. The molecule has 1 aromatic heterocycles. The zero-order chi connectivity index (χ0) is 14.5. The van der Waals surface area contributed by atoms with Gasteiger partial charge >= 0.3 is 6.18 Å². The summed E-state index contributed by atoms with van der Waals surface area (Å²) >= 11 is 0. The Morgan fingerprint density at radius 1 is 1.50 bits per heavy atom. The molecule has 1 fully saturated rings. The van der Waals surface area contributed by atoms with Crippen molar-refractivity contribution >= 4 is 5.82 Å². The molecule has 20 heavy (non-hydrogen) atoms. The first kappa shape index (κ1) is 13.6. The van der Waals surface area contributed by atoms with Gasteiger partial charge in [0.2, 0.25) is 0 Å². The van der Waals surface area contributed by atoms with Gasteiger partial charge in [-0.15, -0.1) is 0 Å². The highest BCUT2D eigenvalue weighted by atomic mass is 19.4. The van der Waals surface area contributed by atoms with E-state index in [1.54, 1.807) is 6.92 Å². The van der Waals surface area contributed by atoms with Gasteiger partial charge in [-0.05, 0) is 13.0 Å². The van der Waals surface area contributed by atoms with Gasteiger partial charge in [0.15, 0.2) is 0 Å². The molecule has 1 saturated heterocycles. The van der Waals surface area contributed by atoms with Crippen LogP contribution >= 0.6 is 0 Å². The van der Waals surface area contributed by atoms with Crippen LogP contribution in [0, 0.1) is 0 Å². The smallest absolute Gasteiger partial charge is 0.385 e. The normalized spacial score (nSPS) is 29.9. The lowest BCUT2D eigenvalue weighted by Crippen LogP contribution is -2.57. The molecule has 2 aliphatic heterocycles. The first-order chi connectivity index (χ1) is 9.29. The number of nitrogens with one attached hydrogen (secondary N) is 1. The lowest BCUT2D eigenvalue weighted by molar-refractivity contribution is -0.138. The van der Waals surface area contributed by atoms with Crippen LogP contribution in [0.25, 0.3) is 0 Å². The number of pyridine rings is 1. The van der Waals surface area contributed by atoms with Crippen LogP contribution in [0.3, 0.4) is 0 Å². The van der Waals surface area contributed by atoms with E-state index in [-0.39, 0.29) is 11.6 Å². The Morgan fingerprint density at radius 2 is 2.25 bits per heavy atom. The molecule has 1 aromatic rings. The lowest BCUT2D eigenvalue weighted by atomic mass is 9.83. The van der Waals surface area contributed by atoms with E-state index < -0.39 is 17.3 Å². The second-order valence-corrected chi connectivity index (χ2v) is 5.62. The number of rotatable bonds is 0. The van der Waals surface area contributed by atoms with E-state index in [1.807, 2.05) is 4.90 Å². The summed E-state index contributed by atoms with van der Waals surface area (Å²) in [6.45, 7) is 3.71. The van der Waals surface area contributed by atoms with Gasteiger partial charge in [-0.3, -0.25) is 0 Å². The first-order valence-electron chi connectivity index (χ1n) is 6.56. The average molecular weight is 287 g/mol. The van der Waals surface area contributed by atoms with E-state index in [4.69, 9.17) is 0 Å². The van der Waals surface area contributed by atoms with Crippen LogP contribution < -0.4 is 10.2 Å². The molecule has 2 N–H and O–H groups in total. The summed E-state index contributed by atoms with van der Waals surface area (Å²) < 4.78 is 38.4. The van der Waals surface area contributed by atoms with Crippen molar-refractivity contribution in [3.63, 3.8) is 0 Å². The monoisotopic (exact) mass is 287 g/mol. The highest BCUT2D eigenvalue weighted by Crippen LogP contribution is 2.42. The third-order valence-electron chi connectivity index (χ3n) is 4.03. The van der Waals surface area contributed by atoms with Crippen molar-refractivity contribution in [2.24, 2.45) is 0 Å². The molecule has 7 heteroatoms. The van der Waals surface area contributed by atoms with Crippen molar-refractivity contribution in [2.75, 3.05) is 24.5 Å². The van der Waals surface area contributed by atoms with Crippen molar-refractivity contribution in [1.29, 1.82) is 0 Å². The van der Waals surface area contributed by atoms with E-state index in [0.717, 1.165) is 18.8 Å². The van der Waals surface area contributed by atoms with Gasteiger partial charge in [-0.2, -0.15) is 13.2 Å². The fraction of sp³-hybridized carbons (Fsp3) is 0.615. The zero-order valence-electron chi connectivity index (χ0n) is 11.0. The zero-order valence-corrected chi connectivity index (χ0v) is 11.0. The van der Waals surface area contributed by atoms with Gasteiger partial charge in [0.25, 0.3) is 0 Å². The minimum atomic E-state index is -4.45. The first-order valence-corrected chi connectivity index (χ1v) is 6.56. The number of hydrogen-bond donors (Lipinski definition) is 2. The summed E-state index contributed by atoms with van der Waals surface area (Å²) in [5.41, 5.74) is -1.83. The van der Waals surface area contributed by atoms with Crippen molar-refractivity contribution in [1.82, 2.24) is 10.3 Å². The van der Waals surface area contributed by atoms with Gasteiger partial charge in [0.1, 0.15) is 5.82 Å². The Balaban J connectivity index is 2.09. The van der Waals surface area contributed by atoms with Gasteiger partial charge in [0, 0.05) is 43.9 Å². The van der Waals surface area contributed by atoms with Crippen molar-refractivity contribution in [3.8, 4) is 0 Å². The number of aliphatic hydroxyl groups is 1. The molecular weight excluding hydrogens is 271 g/mol. The van der Waals surface area contributed by atoms with E-state index >= 15 is 0 Å². The number of halogens is 3. The van der Waals surface area contributed by atoms with Gasteiger partial charge in [-0.25, -0.2) is 4.98 Å². The molecule has 2 aliphatic rings. The number of fused-ring (bicyclic) bond motifs is 3. The van der Waals surface area contributed by atoms with Crippen LogP contribution in [-0.4, -0.2) is 35.8 Å². The minimum absolute atomic E-state index is 0.0653. The summed E-state index contributed by atoms with van der Waals surface area (Å²) in [5, 5.41) is 13.7. The summed E-state index contributed by atoms with van der Waals surface area (Å²) in [4.78, 5) is 5.97. The largest absolute Gasteiger partial charge is 0.417 e. The third-order valence-corrected chi connectivity index (χ3v) is 4.03. The molecule has 3 heterocycles. The summed E-state index contributed by atoms with van der Waals surface area (Å²) in [6, 6.07) is 1.09. The molecule has 2 atom stereocenters. The summed E-state index contributed by atoms with van der Waals surface area (Å²) in [5.74, 6) is 0.473. The van der Waals surface area contributed by atoms with E-state index in [0.29, 0.717) is 25.3 Å². The minimum Gasteiger partial charge on any atom is -0.385 e. The SMILES string of the molecule is CC1(O)C[C@H]2CNCCN2c2ncc(C(F)(F)F)cc21. The predicted molar refractivity (Wildman–Crippen MR) is 67.4 cm³/mol. The van der Waals surface area contributed by atoms with Crippen molar-refractivity contribution < 1.29 is 18.3 Å². The average Bonchev–Trinajstić information content (AvgIpc) is 2.37. The number of alkyl halides is 3. The molecule has 0 radical (unpaired) electrons. The predicted octanol–water partition coefficient (Wildman–Crippen LogP) is 1.49. The van der Waals surface area contributed by atoms with Crippen LogP contribution in [-0.2, 0) is 11.8 Å². The highest BCUT2D eigenvalue weighted by Gasteiger charge is 2.43. The number of nitrogens with zero attached hydrogens (tertiary/aromatic N) is 2. The van der Waals surface area contributed by atoms with Gasteiger partial charge in [0.05, 0.1) is 11.2 Å². The standard InChI is InChI=1S/C13H16F3N3O/c1-12(20)5-9-7-17-2-3-19(9)11-10(12)4-8(6-18-11)13(14,15)16/h4,6,9,17,20H,2-3,5,7H2,1H3/t9-,12?/m0/s1. The van der Waals surface area contributed by atoms with Crippen LogP contribution in [0.15, 0.2) is 12.3 Å². The van der Waals surface area contributed by atoms with Crippen molar-refractivity contribution in [2.45, 2.75) is 31.2 Å². The molecule has 3 rings (SSSR count). The molecule has 0 spiro atoms.